The minimum Gasteiger partial charge on any atom is -0.479 e. The fourth-order valence-electron chi connectivity index (χ4n) is 3.31. The van der Waals surface area contributed by atoms with Crippen LogP contribution >= 0.6 is 0 Å². The standard InChI is InChI=1S/C16H18N2O3/c1-11-15(20)18(2)13-9-12(5-6-14(13)21-11)16(17-10-19)7-3-4-8-16/h5-6,9,11H,3-4,7-8H2,1-2H3. The van der Waals surface area contributed by atoms with E-state index in [-0.39, 0.29) is 5.91 Å². The molecule has 0 radical (unpaired) electrons. The van der Waals surface area contributed by atoms with Crippen LogP contribution in [-0.2, 0) is 15.1 Å². The van der Waals surface area contributed by atoms with Gasteiger partial charge in [0.05, 0.1) is 11.2 Å². The van der Waals surface area contributed by atoms with E-state index in [0.29, 0.717) is 5.75 Å². The zero-order valence-electron chi connectivity index (χ0n) is 12.3. The maximum absolute atomic E-state index is 12.0. The molecule has 21 heavy (non-hydrogen) atoms. The van der Waals surface area contributed by atoms with Gasteiger partial charge in [0.15, 0.2) is 6.10 Å². The quantitative estimate of drug-likeness (QED) is 0.620. The molecule has 1 aliphatic heterocycles. The summed E-state index contributed by atoms with van der Waals surface area (Å²) < 4.78 is 5.63. The van der Waals surface area contributed by atoms with Crippen LogP contribution < -0.4 is 9.64 Å². The Hall–Kier alpha value is -2.13. The predicted molar refractivity (Wildman–Crippen MR) is 78.2 cm³/mol. The molecule has 1 aromatic carbocycles. The fourth-order valence-corrected chi connectivity index (χ4v) is 3.31. The van der Waals surface area contributed by atoms with Crippen LogP contribution in [0.3, 0.4) is 0 Å². The zero-order chi connectivity index (χ0) is 15.0. The highest BCUT2D eigenvalue weighted by atomic mass is 16.5. The zero-order valence-corrected chi connectivity index (χ0v) is 12.3. The van der Waals surface area contributed by atoms with Crippen LogP contribution in [0.2, 0.25) is 0 Å². The Kier molecular flexibility index (Phi) is 3.30. The third-order valence-corrected chi connectivity index (χ3v) is 4.53. The third kappa shape index (κ3) is 2.14. The summed E-state index contributed by atoms with van der Waals surface area (Å²) in [4.78, 5) is 28.5. The van der Waals surface area contributed by atoms with Crippen molar-refractivity contribution in [3.63, 3.8) is 0 Å². The number of likely N-dealkylation sites (N-methyl/N-ethyl adjacent to an activating group) is 1. The summed E-state index contributed by atoms with van der Waals surface area (Å²) in [6.45, 7) is 1.74. The van der Waals surface area contributed by atoms with E-state index >= 15 is 0 Å². The van der Waals surface area contributed by atoms with Crippen molar-refractivity contribution in [2.24, 2.45) is 4.99 Å². The summed E-state index contributed by atoms with van der Waals surface area (Å²) in [5.41, 5.74) is 1.21. The summed E-state index contributed by atoms with van der Waals surface area (Å²) in [5.74, 6) is 0.621. The summed E-state index contributed by atoms with van der Waals surface area (Å²) in [6, 6.07) is 5.73. The fraction of sp³-hybridized carbons (Fsp3) is 0.500. The molecular weight excluding hydrogens is 268 g/mol. The van der Waals surface area contributed by atoms with E-state index in [2.05, 4.69) is 4.99 Å². The highest BCUT2D eigenvalue weighted by Crippen LogP contribution is 2.45. The van der Waals surface area contributed by atoms with Crippen molar-refractivity contribution in [1.82, 2.24) is 0 Å². The van der Waals surface area contributed by atoms with Gasteiger partial charge in [-0.25, -0.2) is 4.79 Å². The molecule has 110 valence electrons. The van der Waals surface area contributed by atoms with Crippen molar-refractivity contribution in [3.05, 3.63) is 23.8 Å². The van der Waals surface area contributed by atoms with E-state index in [1.807, 2.05) is 18.2 Å². The molecule has 0 aromatic heterocycles. The molecule has 1 fully saturated rings. The van der Waals surface area contributed by atoms with Crippen LogP contribution in [-0.4, -0.2) is 25.1 Å². The van der Waals surface area contributed by atoms with Gasteiger partial charge in [0.25, 0.3) is 5.91 Å². The van der Waals surface area contributed by atoms with E-state index in [1.54, 1.807) is 25.0 Å². The average Bonchev–Trinajstić information content (AvgIpc) is 2.95. The van der Waals surface area contributed by atoms with Crippen molar-refractivity contribution < 1.29 is 14.3 Å². The molecule has 1 unspecified atom stereocenters. The van der Waals surface area contributed by atoms with Gasteiger partial charge in [-0.3, -0.25) is 4.79 Å². The number of aliphatic imine (C=N–C) groups is 1. The first-order valence-corrected chi connectivity index (χ1v) is 7.25. The van der Waals surface area contributed by atoms with Crippen LogP contribution in [0.25, 0.3) is 0 Å². The highest BCUT2D eigenvalue weighted by Gasteiger charge is 2.37. The molecule has 1 aliphatic carbocycles. The largest absolute Gasteiger partial charge is 0.479 e. The molecule has 1 amide bonds. The Labute approximate surface area is 123 Å². The molecule has 0 N–H and O–H groups in total. The summed E-state index contributed by atoms with van der Waals surface area (Å²) in [7, 11) is 1.74. The molecule has 1 heterocycles. The van der Waals surface area contributed by atoms with E-state index in [1.165, 1.54) is 0 Å². The number of carbonyl (C=O) groups is 1. The molecule has 0 bridgehead atoms. The lowest BCUT2D eigenvalue weighted by molar-refractivity contribution is -0.125. The summed E-state index contributed by atoms with van der Waals surface area (Å²) in [6.07, 6.45) is 5.03. The number of benzene rings is 1. The van der Waals surface area contributed by atoms with Gasteiger partial charge >= 0.3 is 0 Å². The van der Waals surface area contributed by atoms with E-state index < -0.39 is 11.6 Å². The first-order valence-electron chi connectivity index (χ1n) is 7.25. The van der Waals surface area contributed by atoms with Gasteiger partial charge in [0.2, 0.25) is 6.08 Å². The third-order valence-electron chi connectivity index (χ3n) is 4.53. The Morgan fingerprint density at radius 3 is 2.76 bits per heavy atom. The summed E-state index contributed by atoms with van der Waals surface area (Å²) in [5, 5.41) is 0. The number of hydrogen-bond donors (Lipinski definition) is 0. The average molecular weight is 286 g/mol. The first kappa shape index (κ1) is 13.8. The predicted octanol–water partition coefficient (Wildman–Crippen LogP) is 2.54. The minimum absolute atomic E-state index is 0.0704. The Bertz CT molecular complexity index is 628. The van der Waals surface area contributed by atoms with Crippen LogP contribution in [0.5, 0.6) is 5.75 Å². The second-order valence-corrected chi connectivity index (χ2v) is 5.78. The van der Waals surface area contributed by atoms with Gasteiger partial charge in [-0.2, -0.15) is 4.99 Å². The number of rotatable bonds is 2. The molecule has 1 saturated carbocycles. The molecule has 5 nitrogen and oxygen atoms in total. The van der Waals surface area contributed by atoms with E-state index in [9.17, 15) is 9.59 Å². The Morgan fingerprint density at radius 1 is 1.38 bits per heavy atom. The summed E-state index contributed by atoms with van der Waals surface area (Å²) >= 11 is 0. The van der Waals surface area contributed by atoms with Crippen LogP contribution in [0.4, 0.5) is 5.69 Å². The van der Waals surface area contributed by atoms with Crippen LogP contribution in [0, 0.1) is 0 Å². The lowest BCUT2D eigenvalue weighted by atomic mass is 9.88. The normalized spacial score (nSPS) is 23.2. The van der Waals surface area contributed by atoms with Gasteiger partial charge in [0, 0.05) is 7.05 Å². The lowest BCUT2D eigenvalue weighted by Crippen LogP contribution is -2.42. The maximum Gasteiger partial charge on any atom is 0.267 e. The topological polar surface area (TPSA) is 59.0 Å². The monoisotopic (exact) mass is 286 g/mol. The minimum atomic E-state index is -0.482. The van der Waals surface area contributed by atoms with Gasteiger partial charge in [-0.15, -0.1) is 0 Å². The van der Waals surface area contributed by atoms with Crippen LogP contribution in [0.1, 0.15) is 38.2 Å². The highest BCUT2D eigenvalue weighted by molar-refractivity contribution is 5.99. The van der Waals surface area contributed by atoms with Crippen molar-refractivity contribution in [3.8, 4) is 5.75 Å². The van der Waals surface area contributed by atoms with Gasteiger partial charge in [-0.1, -0.05) is 18.9 Å². The van der Waals surface area contributed by atoms with Crippen molar-refractivity contribution >= 4 is 17.7 Å². The van der Waals surface area contributed by atoms with Crippen molar-refractivity contribution in [2.45, 2.75) is 44.2 Å². The molecular formula is C16H18N2O3. The number of isocyanates is 1. The van der Waals surface area contributed by atoms with Gasteiger partial charge < -0.3 is 9.64 Å². The number of fused-ring (bicyclic) bond motifs is 1. The molecule has 5 heteroatoms. The molecule has 0 saturated heterocycles. The van der Waals surface area contributed by atoms with E-state index in [4.69, 9.17) is 4.74 Å². The number of amides is 1. The molecule has 2 aliphatic rings. The molecule has 0 spiro atoms. The molecule has 1 aromatic rings. The SMILES string of the molecule is CC1Oc2ccc(C3(N=C=O)CCCC3)cc2N(C)C1=O. The molecule has 3 rings (SSSR count). The lowest BCUT2D eigenvalue weighted by Gasteiger charge is -2.32. The van der Waals surface area contributed by atoms with E-state index in [0.717, 1.165) is 36.9 Å². The smallest absolute Gasteiger partial charge is 0.267 e. The van der Waals surface area contributed by atoms with Crippen LogP contribution in [0.15, 0.2) is 23.2 Å². The Morgan fingerprint density at radius 2 is 2.10 bits per heavy atom. The maximum atomic E-state index is 12.0. The second-order valence-electron chi connectivity index (χ2n) is 5.78. The van der Waals surface area contributed by atoms with Crippen molar-refractivity contribution in [2.75, 3.05) is 11.9 Å². The number of hydrogen-bond acceptors (Lipinski definition) is 4. The van der Waals surface area contributed by atoms with Gasteiger partial charge in [0.1, 0.15) is 5.75 Å². The number of carbonyl (C=O) groups excluding carboxylic acids is 2. The second kappa shape index (κ2) is 5.01. The molecule has 1 atom stereocenters. The number of nitrogens with zero attached hydrogens (tertiary/aromatic N) is 2. The van der Waals surface area contributed by atoms with Gasteiger partial charge in [-0.05, 0) is 37.5 Å². The van der Waals surface area contributed by atoms with Crippen molar-refractivity contribution in [1.29, 1.82) is 0 Å². The Balaban J connectivity index is 2.07. The number of anilines is 1. The number of ether oxygens (including phenoxy) is 1. The first-order chi connectivity index (χ1) is 10.1.